The van der Waals surface area contributed by atoms with E-state index in [1.54, 1.807) is 18.7 Å². The number of para-hydroxylation sites is 2. The molecule has 3 heterocycles. The van der Waals surface area contributed by atoms with Crippen molar-refractivity contribution in [2.75, 3.05) is 26.9 Å². The zero-order valence-electron chi connectivity index (χ0n) is 18.3. The number of aromatic nitrogens is 3. The summed E-state index contributed by atoms with van der Waals surface area (Å²) in [6.07, 6.45) is 0.262. The van der Waals surface area contributed by atoms with Gasteiger partial charge in [0.25, 0.3) is 11.5 Å². The number of nitrogens with one attached hydrogen (secondary N) is 1. The molecule has 4 rings (SSSR count). The van der Waals surface area contributed by atoms with Gasteiger partial charge in [0.2, 0.25) is 0 Å². The number of fused-ring (bicyclic) bond motifs is 2. The van der Waals surface area contributed by atoms with Gasteiger partial charge in [0.15, 0.2) is 11.5 Å². The number of hydrogen-bond donors (Lipinski definition) is 1. The number of aryl methyl sites for hydroxylation is 2. The summed E-state index contributed by atoms with van der Waals surface area (Å²) in [6, 6.07) is 8.89. The monoisotopic (exact) mass is 442 g/mol. The molecule has 32 heavy (non-hydrogen) atoms. The molecule has 170 valence electrons. The van der Waals surface area contributed by atoms with Crippen LogP contribution < -0.4 is 26.0 Å². The van der Waals surface area contributed by atoms with Crippen molar-refractivity contribution in [1.29, 1.82) is 0 Å². The van der Waals surface area contributed by atoms with Crippen LogP contribution in [-0.4, -0.2) is 52.6 Å². The lowest BCUT2D eigenvalue weighted by molar-refractivity contribution is 0.0783. The zero-order chi connectivity index (χ0) is 22.8. The van der Waals surface area contributed by atoms with E-state index in [0.717, 1.165) is 4.57 Å². The van der Waals surface area contributed by atoms with Gasteiger partial charge >= 0.3 is 5.69 Å². The highest BCUT2D eigenvalue weighted by molar-refractivity contribution is 5.97. The first-order valence-corrected chi connectivity index (χ1v) is 10.4. The topological polar surface area (TPSA) is 106 Å². The summed E-state index contributed by atoms with van der Waals surface area (Å²) in [5.41, 5.74) is -0.188. The van der Waals surface area contributed by atoms with Crippen molar-refractivity contribution in [1.82, 2.24) is 19.0 Å². The van der Waals surface area contributed by atoms with Crippen LogP contribution in [0.3, 0.4) is 0 Å². The second-order valence-corrected chi connectivity index (χ2v) is 7.68. The van der Waals surface area contributed by atoms with Crippen LogP contribution in [0.25, 0.3) is 11.0 Å². The Morgan fingerprint density at radius 3 is 2.69 bits per heavy atom. The molecule has 0 bridgehead atoms. The minimum atomic E-state index is -0.452. The Morgan fingerprint density at radius 1 is 1.19 bits per heavy atom. The Kier molecular flexibility index (Phi) is 6.04. The molecule has 10 heteroatoms. The summed E-state index contributed by atoms with van der Waals surface area (Å²) in [4.78, 5) is 38.2. The molecule has 3 aromatic rings. The van der Waals surface area contributed by atoms with E-state index in [0.29, 0.717) is 54.4 Å². The highest BCUT2D eigenvalue weighted by Gasteiger charge is 2.24. The van der Waals surface area contributed by atoms with Crippen molar-refractivity contribution in [3.8, 4) is 11.5 Å². The highest BCUT2D eigenvalue weighted by Crippen LogP contribution is 2.30. The van der Waals surface area contributed by atoms with Gasteiger partial charge in [0.1, 0.15) is 24.1 Å². The molecule has 2 aromatic heterocycles. The number of carbonyl (C=O) groups is 1. The number of amides is 1. The lowest BCUT2D eigenvalue weighted by atomic mass is 10.2. The summed E-state index contributed by atoms with van der Waals surface area (Å²) in [5, 5.41) is 3.18. The minimum absolute atomic E-state index is 0.226. The molecule has 1 N–H and O–H groups in total. The Morgan fingerprint density at radius 2 is 1.94 bits per heavy atom. The molecule has 1 aliphatic heterocycles. The van der Waals surface area contributed by atoms with Crippen molar-refractivity contribution < 1.29 is 19.0 Å². The second-order valence-electron chi connectivity index (χ2n) is 7.68. The van der Waals surface area contributed by atoms with Crippen LogP contribution in [0.15, 0.2) is 39.9 Å². The van der Waals surface area contributed by atoms with Crippen molar-refractivity contribution in [2.45, 2.75) is 19.1 Å². The van der Waals surface area contributed by atoms with E-state index in [1.165, 1.54) is 17.7 Å². The van der Waals surface area contributed by atoms with Crippen molar-refractivity contribution >= 4 is 16.9 Å². The number of benzene rings is 1. The van der Waals surface area contributed by atoms with Gasteiger partial charge in [-0.15, -0.1) is 0 Å². The van der Waals surface area contributed by atoms with E-state index in [2.05, 4.69) is 5.32 Å². The second kappa shape index (κ2) is 8.91. The smallest absolute Gasteiger partial charge is 0.332 e. The van der Waals surface area contributed by atoms with Gasteiger partial charge in [0.05, 0.1) is 11.9 Å². The molecule has 1 aromatic carbocycles. The van der Waals surface area contributed by atoms with Crippen LogP contribution in [0, 0.1) is 0 Å². The fraction of sp³-hybridized carbons (Fsp3) is 0.409. The lowest BCUT2D eigenvalue weighted by Gasteiger charge is -2.26. The van der Waals surface area contributed by atoms with Crippen LogP contribution in [0.1, 0.15) is 16.9 Å². The normalized spacial score (nSPS) is 15.2. The predicted octanol–water partition coefficient (Wildman–Crippen LogP) is 0.645. The largest absolute Gasteiger partial charge is 0.486 e. The first-order chi connectivity index (χ1) is 15.4. The molecule has 0 aliphatic carbocycles. The van der Waals surface area contributed by atoms with Crippen molar-refractivity contribution in [3.05, 3.63) is 56.9 Å². The Labute approximate surface area is 183 Å². The van der Waals surface area contributed by atoms with Gasteiger partial charge in [-0.25, -0.2) is 4.79 Å². The van der Waals surface area contributed by atoms with Gasteiger partial charge in [-0.1, -0.05) is 12.1 Å². The molecular weight excluding hydrogens is 416 g/mol. The van der Waals surface area contributed by atoms with Crippen molar-refractivity contribution in [2.24, 2.45) is 14.1 Å². The van der Waals surface area contributed by atoms with Gasteiger partial charge in [-0.05, 0) is 24.6 Å². The molecule has 0 saturated carbocycles. The number of hydrogen-bond acceptors (Lipinski definition) is 6. The van der Waals surface area contributed by atoms with E-state index < -0.39 is 11.2 Å². The molecule has 10 nitrogen and oxygen atoms in total. The maximum absolute atomic E-state index is 13.1. The van der Waals surface area contributed by atoms with Crippen molar-refractivity contribution in [3.63, 3.8) is 0 Å². The van der Waals surface area contributed by atoms with Gasteiger partial charge in [0, 0.05) is 34.4 Å². The van der Waals surface area contributed by atoms with Crippen LogP contribution in [0.5, 0.6) is 11.5 Å². The summed E-state index contributed by atoms with van der Waals surface area (Å²) < 4.78 is 20.8. The van der Waals surface area contributed by atoms with Gasteiger partial charge in [-0.2, -0.15) is 0 Å². The first kappa shape index (κ1) is 21.7. The fourth-order valence-electron chi connectivity index (χ4n) is 3.88. The van der Waals surface area contributed by atoms with Gasteiger partial charge < -0.3 is 24.1 Å². The van der Waals surface area contributed by atoms with Crippen LogP contribution in [0.2, 0.25) is 0 Å². The Balaban J connectivity index is 1.61. The first-order valence-electron chi connectivity index (χ1n) is 10.4. The van der Waals surface area contributed by atoms with E-state index in [-0.39, 0.29) is 18.6 Å². The zero-order valence-corrected chi connectivity index (χ0v) is 18.3. The van der Waals surface area contributed by atoms with Crippen LogP contribution >= 0.6 is 0 Å². The number of nitrogens with zero attached hydrogens (tertiary/aromatic N) is 3. The molecular formula is C22H26N4O6. The third-order valence-electron chi connectivity index (χ3n) is 5.52. The summed E-state index contributed by atoms with van der Waals surface area (Å²) in [7, 11) is 4.60. The summed E-state index contributed by atoms with van der Waals surface area (Å²) in [6.45, 7) is 1.43. The van der Waals surface area contributed by atoms with E-state index in [9.17, 15) is 14.4 Å². The average Bonchev–Trinajstić information content (AvgIpc) is 3.19. The fourth-order valence-corrected chi connectivity index (χ4v) is 3.88. The molecule has 0 fully saturated rings. The third-order valence-corrected chi connectivity index (χ3v) is 5.52. The molecule has 1 aliphatic rings. The molecule has 0 spiro atoms. The molecule has 1 atom stereocenters. The maximum Gasteiger partial charge on any atom is 0.332 e. The summed E-state index contributed by atoms with van der Waals surface area (Å²) >= 11 is 0. The predicted molar refractivity (Wildman–Crippen MR) is 118 cm³/mol. The Bertz CT molecular complexity index is 1270. The summed E-state index contributed by atoms with van der Waals surface area (Å²) in [5.74, 6) is 0.936. The number of rotatable bonds is 7. The molecule has 0 radical (unpaired) electrons. The lowest BCUT2D eigenvalue weighted by Crippen LogP contribution is -2.41. The third kappa shape index (κ3) is 3.89. The molecule has 1 amide bonds. The number of carbonyl (C=O) groups excluding carboxylic acids is 1. The standard InChI is InChI=1S/C22H26N4O6/c1-24-20-15(21(28)25(2)22(24)29)11-16(26(20)9-6-10-30-3)19(27)23-12-14-13-31-17-7-4-5-8-18(17)32-14/h4-5,7-8,11,14H,6,9-10,12-13H2,1-3H3,(H,23,27). The van der Waals surface area contributed by atoms with Crippen LogP contribution in [-0.2, 0) is 25.4 Å². The Hall–Kier alpha value is -3.53. The van der Waals surface area contributed by atoms with E-state index in [1.807, 2.05) is 24.3 Å². The maximum atomic E-state index is 13.1. The average molecular weight is 442 g/mol. The quantitative estimate of drug-likeness (QED) is 0.539. The highest BCUT2D eigenvalue weighted by atomic mass is 16.6. The van der Waals surface area contributed by atoms with Gasteiger partial charge in [-0.3, -0.25) is 18.7 Å². The minimum Gasteiger partial charge on any atom is -0.486 e. The van der Waals surface area contributed by atoms with Crippen LogP contribution in [0.4, 0.5) is 0 Å². The van der Waals surface area contributed by atoms with E-state index in [4.69, 9.17) is 14.2 Å². The SMILES string of the molecule is COCCCn1c(C(=O)NCC2COc3ccccc3O2)cc2c(=O)n(C)c(=O)n(C)c21. The number of ether oxygens (including phenoxy) is 3. The number of methoxy groups -OCH3 is 1. The molecule has 0 saturated heterocycles. The van der Waals surface area contributed by atoms with E-state index >= 15 is 0 Å². The molecule has 1 unspecified atom stereocenters.